The molecular weight excluding hydrogens is 661 g/mol. The van der Waals surface area contributed by atoms with Crippen molar-refractivity contribution in [2.75, 3.05) is 0 Å². The Morgan fingerprint density at radius 3 is 2.47 bits per heavy atom. The minimum Gasteiger partial charge on any atom is -0.462 e. The maximum atomic E-state index is 12.8. The van der Waals surface area contributed by atoms with Crippen LogP contribution in [-0.4, -0.2) is 46.1 Å². The summed E-state index contributed by atoms with van der Waals surface area (Å²) in [5.74, 6) is 1.58. The van der Waals surface area contributed by atoms with Crippen LogP contribution in [0.2, 0.25) is 0 Å². The van der Waals surface area contributed by atoms with Gasteiger partial charge in [-0.3, -0.25) is 9.59 Å². The maximum absolute atomic E-state index is 12.8. The van der Waals surface area contributed by atoms with E-state index < -0.39 is 17.8 Å². The maximum Gasteiger partial charge on any atom is 0.306 e. The highest BCUT2D eigenvalue weighted by molar-refractivity contribution is 5.70. The fraction of sp³-hybridized carbons (Fsp3) is 0.787. The molecule has 6 nitrogen and oxygen atoms in total. The second-order valence-electron chi connectivity index (χ2n) is 17.9. The van der Waals surface area contributed by atoms with Crippen molar-refractivity contribution in [3.05, 3.63) is 47.6 Å². The summed E-state index contributed by atoms with van der Waals surface area (Å²) in [7, 11) is 0. The van der Waals surface area contributed by atoms with E-state index in [2.05, 4.69) is 51.7 Å². The molecule has 302 valence electrons. The number of allylic oxidation sites excluding steroid dienone is 4. The zero-order valence-corrected chi connectivity index (χ0v) is 34.8. The van der Waals surface area contributed by atoms with Gasteiger partial charge in [0.15, 0.2) is 0 Å². The summed E-state index contributed by atoms with van der Waals surface area (Å²) in [5.41, 5.74) is 3.12. The van der Waals surface area contributed by atoms with E-state index in [0.717, 1.165) is 88.2 Å². The molecular formula is C47H78O6. The van der Waals surface area contributed by atoms with Crippen LogP contribution in [0, 0.1) is 23.2 Å². The summed E-state index contributed by atoms with van der Waals surface area (Å²) in [6, 6.07) is 0. The number of hydrogen-bond donors (Lipinski definition) is 2. The molecule has 6 heteroatoms. The lowest BCUT2D eigenvalue weighted by Gasteiger charge is -2.44. The number of rotatable bonds is 23. The molecule has 0 aromatic rings. The van der Waals surface area contributed by atoms with Gasteiger partial charge >= 0.3 is 11.9 Å². The van der Waals surface area contributed by atoms with Crippen molar-refractivity contribution >= 4 is 11.9 Å². The molecule has 53 heavy (non-hydrogen) atoms. The lowest BCUT2D eigenvalue weighted by Crippen LogP contribution is -2.36. The molecule has 0 amide bonds. The highest BCUT2D eigenvalue weighted by Crippen LogP contribution is 2.60. The van der Waals surface area contributed by atoms with E-state index in [9.17, 15) is 19.8 Å². The van der Waals surface area contributed by atoms with Crippen molar-refractivity contribution < 1.29 is 29.3 Å². The van der Waals surface area contributed by atoms with Gasteiger partial charge in [-0.15, -0.1) is 0 Å². The molecule has 1 unspecified atom stereocenters. The molecule has 0 radical (unpaired) electrons. The second kappa shape index (κ2) is 23.0. The third kappa shape index (κ3) is 15.8. The van der Waals surface area contributed by atoms with Crippen LogP contribution in [-0.2, 0) is 19.1 Å². The molecule has 3 saturated carbocycles. The third-order valence-electron chi connectivity index (χ3n) is 12.7. The summed E-state index contributed by atoms with van der Waals surface area (Å²) in [5, 5.41) is 20.9. The fourth-order valence-electron chi connectivity index (χ4n) is 9.74. The van der Waals surface area contributed by atoms with Gasteiger partial charge < -0.3 is 19.7 Å². The number of aliphatic hydroxyl groups excluding tert-OH is 1. The minimum atomic E-state index is -0.586. The lowest BCUT2D eigenvalue weighted by atomic mass is 9.60. The summed E-state index contributed by atoms with van der Waals surface area (Å²) < 4.78 is 11.4. The molecule has 0 aromatic heterocycles. The van der Waals surface area contributed by atoms with Gasteiger partial charge in [0, 0.05) is 26.2 Å². The van der Waals surface area contributed by atoms with E-state index in [0.29, 0.717) is 42.4 Å². The molecule has 0 spiro atoms. The summed E-state index contributed by atoms with van der Waals surface area (Å²) in [6.45, 7) is 16.8. The number of ether oxygens (including phenoxy) is 2. The second-order valence-corrected chi connectivity index (χ2v) is 17.9. The highest BCUT2D eigenvalue weighted by atomic mass is 16.5. The molecule has 3 rings (SSSR count). The SMILES string of the molecule is C=C1/C(=C\C=C2/CCCC3(C)[C@@H]([C@H](C)CCCC(C)(C)O)CC[C@@H]23)C[C@@H](O)C[C@@H]1OC(=O)CCCCCCC/C=C\C[C@@H](CCCCCC)OC(C)=O. The van der Waals surface area contributed by atoms with Crippen LogP contribution in [0.1, 0.15) is 189 Å². The fourth-order valence-corrected chi connectivity index (χ4v) is 9.74. The Labute approximate surface area is 324 Å². The zero-order valence-electron chi connectivity index (χ0n) is 34.8. The van der Waals surface area contributed by atoms with Crippen molar-refractivity contribution in [2.24, 2.45) is 23.2 Å². The van der Waals surface area contributed by atoms with Crippen molar-refractivity contribution in [3.8, 4) is 0 Å². The first kappa shape index (κ1) is 45.2. The standard InChI is InChI=1S/C47H78O6/c1-8-9-10-17-24-41(52-37(4)48)25-18-15-13-11-12-14-16-19-26-45(50)53-44-34-40(49)33-39(36(44)3)28-27-38-23-21-32-47(7)42(29-30-43(38)47)35(2)22-20-31-46(5,6)51/h15,18,27-28,35,40-44,49,51H,3,8-14,16-17,19-26,29-34H2,1-2,4-7H3/b18-15-,38-27+,39-28-/t35-,40-,41-,42-,43+,44+,47?/m1/s1. The number of esters is 2. The predicted molar refractivity (Wildman–Crippen MR) is 218 cm³/mol. The van der Waals surface area contributed by atoms with Gasteiger partial charge in [0.1, 0.15) is 12.2 Å². The molecule has 3 aliphatic rings. The van der Waals surface area contributed by atoms with Crippen LogP contribution in [0.3, 0.4) is 0 Å². The van der Waals surface area contributed by atoms with Crippen molar-refractivity contribution in [1.29, 1.82) is 0 Å². The molecule has 7 atom stereocenters. The van der Waals surface area contributed by atoms with E-state index in [1.807, 2.05) is 13.8 Å². The zero-order chi connectivity index (χ0) is 38.9. The molecule has 3 aliphatic carbocycles. The Bertz CT molecular complexity index is 1220. The lowest BCUT2D eigenvalue weighted by molar-refractivity contribution is -0.149. The van der Waals surface area contributed by atoms with Crippen LogP contribution < -0.4 is 0 Å². The Morgan fingerprint density at radius 1 is 1.00 bits per heavy atom. The van der Waals surface area contributed by atoms with Gasteiger partial charge in [0.25, 0.3) is 0 Å². The predicted octanol–water partition coefficient (Wildman–Crippen LogP) is 11.8. The van der Waals surface area contributed by atoms with Crippen LogP contribution in [0.25, 0.3) is 0 Å². The monoisotopic (exact) mass is 739 g/mol. The van der Waals surface area contributed by atoms with Crippen molar-refractivity contribution in [1.82, 2.24) is 0 Å². The van der Waals surface area contributed by atoms with E-state index in [1.165, 1.54) is 63.9 Å². The van der Waals surface area contributed by atoms with Crippen molar-refractivity contribution in [2.45, 2.75) is 213 Å². The van der Waals surface area contributed by atoms with Gasteiger partial charge in [0.05, 0.1) is 11.7 Å². The first-order valence-electron chi connectivity index (χ1n) is 21.7. The molecule has 2 N–H and O–H groups in total. The van der Waals surface area contributed by atoms with Gasteiger partial charge in [-0.2, -0.15) is 0 Å². The van der Waals surface area contributed by atoms with E-state index in [1.54, 1.807) is 0 Å². The number of hydrogen-bond acceptors (Lipinski definition) is 6. The van der Waals surface area contributed by atoms with Crippen LogP contribution in [0.15, 0.2) is 47.6 Å². The summed E-state index contributed by atoms with van der Waals surface area (Å²) in [4.78, 5) is 24.3. The molecule has 0 heterocycles. The summed E-state index contributed by atoms with van der Waals surface area (Å²) >= 11 is 0. The number of aliphatic hydroxyl groups is 2. The minimum absolute atomic E-state index is 0.00978. The largest absolute Gasteiger partial charge is 0.462 e. The molecule has 0 aliphatic heterocycles. The van der Waals surface area contributed by atoms with Crippen molar-refractivity contribution in [3.63, 3.8) is 0 Å². The normalized spacial score (nSPS) is 27.7. The van der Waals surface area contributed by atoms with Gasteiger partial charge in [-0.25, -0.2) is 0 Å². The number of carbonyl (C=O) groups is 2. The Morgan fingerprint density at radius 2 is 1.74 bits per heavy atom. The third-order valence-corrected chi connectivity index (χ3v) is 12.7. The quantitative estimate of drug-likeness (QED) is 0.0616. The van der Waals surface area contributed by atoms with Gasteiger partial charge in [-0.1, -0.05) is 109 Å². The number of unbranched alkanes of at least 4 members (excludes halogenated alkanes) is 8. The van der Waals surface area contributed by atoms with Gasteiger partial charge in [0.2, 0.25) is 0 Å². The van der Waals surface area contributed by atoms with Crippen LogP contribution in [0.5, 0.6) is 0 Å². The van der Waals surface area contributed by atoms with Crippen LogP contribution in [0.4, 0.5) is 0 Å². The Hall–Kier alpha value is -2.18. The van der Waals surface area contributed by atoms with Gasteiger partial charge in [-0.05, 0) is 125 Å². The topological polar surface area (TPSA) is 93.1 Å². The first-order chi connectivity index (χ1) is 25.2. The number of fused-ring (bicyclic) bond motifs is 1. The van der Waals surface area contributed by atoms with E-state index >= 15 is 0 Å². The summed E-state index contributed by atoms with van der Waals surface area (Å²) in [6.07, 6.45) is 31.1. The smallest absolute Gasteiger partial charge is 0.306 e. The van der Waals surface area contributed by atoms with E-state index in [4.69, 9.17) is 9.47 Å². The molecule has 0 bridgehead atoms. The Balaban J connectivity index is 1.39. The number of carbonyl (C=O) groups excluding carboxylic acids is 2. The average molecular weight is 739 g/mol. The first-order valence-corrected chi connectivity index (χ1v) is 21.7. The molecule has 0 aromatic carbocycles. The van der Waals surface area contributed by atoms with Crippen LogP contribution >= 0.6 is 0 Å². The molecule has 0 saturated heterocycles. The highest BCUT2D eigenvalue weighted by Gasteiger charge is 2.50. The molecule has 3 fully saturated rings. The average Bonchev–Trinajstić information content (AvgIpc) is 3.44. The Kier molecular flexibility index (Phi) is 19.6. The van der Waals surface area contributed by atoms with E-state index in [-0.39, 0.29) is 18.0 Å².